The molecule has 0 saturated carbocycles. The van der Waals surface area contributed by atoms with E-state index in [1.54, 1.807) is 6.07 Å². The molecule has 0 saturated heterocycles. The van der Waals surface area contributed by atoms with Crippen LogP contribution in [0.2, 0.25) is 0 Å². The minimum absolute atomic E-state index is 0.409. The summed E-state index contributed by atoms with van der Waals surface area (Å²) in [6.07, 6.45) is 0. The average molecular weight is 352 g/mol. The molecule has 0 aliphatic carbocycles. The number of methoxy groups -OCH3 is 1. The largest absolute Gasteiger partial charge is 0.467 e. The number of carbonyl (C=O) groups is 1. The molecule has 21 heavy (non-hydrogen) atoms. The molecule has 1 unspecified atom stereocenters. The normalized spacial score (nSPS) is 11.8. The fourth-order valence-electron chi connectivity index (χ4n) is 2.02. The molecule has 0 fully saturated rings. The van der Waals surface area contributed by atoms with Crippen LogP contribution in [-0.2, 0) is 9.53 Å². The topological polar surface area (TPSA) is 38.3 Å². The quantitative estimate of drug-likeness (QED) is 0.838. The van der Waals surface area contributed by atoms with Crippen molar-refractivity contribution >= 4 is 27.6 Å². The molecule has 0 radical (unpaired) electrons. The number of nitrogens with one attached hydrogen (secondary N) is 1. The molecule has 2 aromatic rings. The zero-order valence-corrected chi connectivity index (χ0v) is 13.3. The third kappa shape index (κ3) is 3.82. The Labute approximate surface area is 131 Å². The SMILES string of the molecule is COC(=O)C(Nc1cccc(C)c1)c1cc(F)ccc1Br. The molecule has 0 aromatic heterocycles. The Morgan fingerprint density at radius 1 is 1.29 bits per heavy atom. The summed E-state index contributed by atoms with van der Waals surface area (Å²) >= 11 is 3.34. The van der Waals surface area contributed by atoms with Gasteiger partial charge in [-0.05, 0) is 42.8 Å². The maximum Gasteiger partial charge on any atom is 0.333 e. The van der Waals surface area contributed by atoms with Gasteiger partial charge in [0.05, 0.1) is 7.11 Å². The second kappa shape index (κ2) is 6.72. The maximum absolute atomic E-state index is 13.5. The van der Waals surface area contributed by atoms with Crippen LogP contribution in [0.25, 0.3) is 0 Å². The van der Waals surface area contributed by atoms with Crippen molar-refractivity contribution in [2.45, 2.75) is 13.0 Å². The highest BCUT2D eigenvalue weighted by molar-refractivity contribution is 9.10. The average Bonchev–Trinajstić information content (AvgIpc) is 2.47. The summed E-state index contributed by atoms with van der Waals surface area (Å²) in [6.45, 7) is 1.95. The van der Waals surface area contributed by atoms with E-state index >= 15 is 0 Å². The monoisotopic (exact) mass is 351 g/mol. The lowest BCUT2D eigenvalue weighted by atomic mass is 10.1. The van der Waals surface area contributed by atoms with Gasteiger partial charge >= 0.3 is 5.97 Å². The Morgan fingerprint density at radius 3 is 2.71 bits per heavy atom. The van der Waals surface area contributed by atoms with E-state index in [-0.39, 0.29) is 0 Å². The first-order valence-electron chi connectivity index (χ1n) is 6.37. The van der Waals surface area contributed by atoms with E-state index in [9.17, 15) is 9.18 Å². The minimum atomic E-state index is -0.790. The Balaban J connectivity index is 2.39. The summed E-state index contributed by atoms with van der Waals surface area (Å²) in [5, 5.41) is 3.08. The number of hydrogen-bond donors (Lipinski definition) is 1. The summed E-state index contributed by atoms with van der Waals surface area (Å²) in [5.74, 6) is -0.893. The first-order chi connectivity index (χ1) is 10.0. The number of benzene rings is 2. The van der Waals surface area contributed by atoms with Crippen molar-refractivity contribution in [2.75, 3.05) is 12.4 Å². The van der Waals surface area contributed by atoms with Crippen molar-refractivity contribution in [3.05, 3.63) is 63.9 Å². The molecule has 0 heterocycles. The number of anilines is 1. The van der Waals surface area contributed by atoms with E-state index in [1.165, 1.54) is 19.2 Å². The number of halogens is 2. The second-order valence-corrected chi connectivity index (χ2v) is 5.49. The van der Waals surface area contributed by atoms with Gasteiger partial charge in [0.25, 0.3) is 0 Å². The van der Waals surface area contributed by atoms with Crippen LogP contribution >= 0.6 is 15.9 Å². The molecule has 0 spiro atoms. The van der Waals surface area contributed by atoms with E-state index in [4.69, 9.17) is 4.74 Å². The lowest BCUT2D eigenvalue weighted by Crippen LogP contribution is -2.23. The number of esters is 1. The van der Waals surface area contributed by atoms with E-state index in [2.05, 4.69) is 21.2 Å². The highest BCUT2D eigenvalue weighted by atomic mass is 79.9. The molecule has 0 bridgehead atoms. The van der Waals surface area contributed by atoms with Crippen LogP contribution in [0.5, 0.6) is 0 Å². The van der Waals surface area contributed by atoms with Gasteiger partial charge in [-0.25, -0.2) is 9.18 Å². The summed E-state index contributed by atoms with van der Waals surface area (Å²) < 4.78 is 18.9. The van der Waals surface area contributed by atoms with Gasteiger partial charge in [0.2, 0.25) is 0 Å². The molecule has 2 rings (SSSR count). The van der Waals surface area contributed by atoms with Crippen molar-refractivity contribution in [2.24, 2.45) is 0 Å². The first kappa shape index (κ1) is 15.5. The minimum Gasteiger partial charge on any atom is -0.467 e. The number of ether oxygens (including phenoxy) is 1. The molecule has 0 amide bonds. The molecule has 0 aliphatic rings. The Morgan fingerprint density at radius 2 is 2.05 bits per heavy atom. The molecular weight excluding hydrogens is 337 g/mol. The molecular formula is C16H15BrFNO2. The van der Waals surface area contributed by atoms with Crippen LogP contribution in [-0.4, -0.2) is 13.1 Å². The molecule has 5 heteroatoms. The van der Waals surface area contributed by atoms with Gasteiger partial charge in [0.1, 0.15) is 5.82 Å². The maximum atomic E-state index is 13.5. The Bertz CT molecular complexity index is 660. The predicted octanol–water partition coefficient (Wildman–Crippen LogP) is 4.22. The first-order valence-corrected chi connectivity index (χ1v) is 7.16. The van der Waals surface area contributed by atoms with Crippen molar-refractivity contribution in [3.8, 4) is 0 Å². The zero-order valence-electron chi connectivity index (χ0n) is 11.7. The van der Waals surface area contributed by atoms with Gasteiger partial charge in [-0.1, -0.05) is 28.1 Å². The van der Waals surface area contributed by atoms with Crippen molar-refractivity contribution < 1.29 is 13.9 Å². The van der Waals surface area contributed by atoms with Crippen LogP contribution in [0.3, 0.4) is 0 Å². The van der Waals surface area contributed by atoms with Crippen LogP contribution < -0.4 is 5.32 Å². The lowest BCUT2D eigenvalue weighted by molar-refractivity contribution is -0.141. The van der Waals surface area contributed by atoms with Gasteiger partial charge in [-0.3, -0.25) is 0 Å². The van der Waals surface area contributed by atoms with Gasteiger partial charge in [-0.2, -0.15) is 0 Å². The summed E-state index contributed by atoms with van der Waals surface area (Å²) in [6, 6.07) is 11.0. The van der Waals surface area contributed by atoms with Crippen molar-refractivity contribution in [1.82, 2.24) is 0 Å². The van der Waals surface area contributed by atoms with Crippen LogP contribution in [0, 0.1) is 12.7 Å². The lowest BCUT2D eigenvalue weighted by Gasteiger charge is -2.19. The molecule has 1 N–H and O–H groups in total. The Kier molecular flexibility index (Phi) is 4.96. The predicted molar refractivity (Wildman–Crippen MR) is 83.7 cm³/mol. The van der Waals surface area contributed by atoms with E-state index < -0.39 is 17.8 Å². The Hall–Kier alpha value is -1.88. The highest BCUT2D eigenvalue weighted by Crippen LogP contribution is 2.28. The highest BCUT2D eigenvalue weighted by Gasteiger charge is 2.24. The van der Waals surface area contributed by atoms with Gasteiger partial charge in [0.15, 0.2) is 6.04 Å². The van der Waals surface area contributed by atoms with Gasteiger partial charge < -0.3 is 10.1 Å². The van der Waals surface area contributed by atoms with Crippen LogP contribution in [0.15, 0.2) is 46.9 Å². The third-order valence-electron chi connectivity index (χ3n) is 3.04. The fourth-order valence-corrected chi connectivity index (χ4v) is 2.49. The standard InChI is InChI=1S/C16H15BrFNO2/c1-10-4-3-5-12(8-10)19-15(16(20)21-2)13-9-11(18)6-7-14(13)17/h3-9,15,19H,1-2H3. The summed E-state index contributed by atoms with van der Waals surface area (Å²) in [4.78, 5) is 12.0. The summed E-state index contributed by atoms with van der Waals surface area (Å²) in [7, 11) is 1.31. The van der Waals surface area contributed by atoms with Gasteiger partial charge in [-0.15, -0.1) is 0 Å². The van der Waals surface area contributed by atoms with Gasteiger partial charge in [0, 0.05) is 15.7 Å². The van der Waals surface area contributed by atoms with Crippen LogP contribution in [0.4, 0.5) is 10.1 Å². The number of aryl methyl sites for hydroxylation is 1. The van der Waals surface area contributed by atoms with Crippen LogP contribution in [0.1, 0.15) is 17.2 Å². The number of rotatable bonds is 4. The molecule has 2 aromatic carbocycles. The molecule has 1 atom stereocenters. The number of hydrogen-bond acceptors (Lipinski definition) is 3. The van der Waals surface area contributed by atoms with Crippen molar-refractivity contribution in [1.29, 1.82) is 0 Å². The second-order valence-electron chi connectivity index (χ2n) is 4.64. The molecule has 110 valence electrons. The smallest absolute Gasteiger partial charge is 0.333 e. The molecule has 0 aliphatic heterocycles. The molecule has 3 nitrogen and oxygen atoms in total. The van der Waals surface area contributed by atoms with E-state index in [0.29, 0.717) is 10.0 Å². The number of carbonyl (C=O) groups excluding carboxylic acids is 1. The van der Waals surface area contributed by atoms with Crippen molar-refractivity contribution in [3.63, 3.8) is 0 Å². The summed E-state index contributed by atoms with van der Waals surface area (Å²) in [5.41, 5.74) is 2.31. The van der Waals surface area contributed by atoms with E-state index in [1.807, 2.05) is 31.2 Å². The fraction of sp³-hybridized carbons (Fsp3) is 0.188. The zero-order chi connectivity index (χ0) is 15.4. The third-order valence-corrected chi connectivity index (χ3v) is 3.76. The van der Waals surface area contributed by atoms with E-state index in [0.717, 1.165) is 11.3 Å².